The number of carboxylic acid groups (broad SMARTS) is 1. The molecule has 0 saturated carbocycles. The van der Waals surface area contributed by atoms with Gasteiger partial charge in [-0.25, -0.2) is 4.98 Å². The molecule has 0 aliphatic carbocycles. The molecule has 0 fully saturated rings. The number of benzene rings is 1. The van der Waals surface area contributed by atoms with Crippen molar-refractivity contribution in [2.75, 3.05) is 0 Å². The molecule has 0 aliphatic rings. The summed E-state index contributed by atoms with van der Waals surface area (Å²) in [5.74, 6) is -0.505. The lowest BCUT2D eigenvalue weighted by molar-refractivity contribution is -0.136. The molecule has 6 nitrogen and oxygen atoms in total. The fourth-order valence-electron chi connectivity index (χ4n) is 2.51. The first-order valence-electron chi connectivity index (χ1n) is 7.55. The Morgan fingerprint density at radius 2 is 2.04 bits per heavy atom. The van der Waals surface area contributed by atoms with E-state index >= 15 is 0 Å². The van der Waals surface area contributed by atoms with Gasteiger partial charge in [0.2, 0.25) is 11.8 Å². The lowest BCUT2D eigenvalue weighted by Gasteiger charge is -1.96. The minimum Gasteiger partial charge on any atom is -0.481 e. The fourth-order valence-corrected chi connectivity index (χ4v) is 4.22. The Kier molecular flexibility index (Phi) is 4.06. The van der Waals surface area contributed by atoms with Crippen LogP contribution in [0.5, 0.6) is 0 Å². The van der Waals surface area contributed by atoms with Crippen LogP contribution in [0.4, 0.5) is 0 Å². The number of hydrogen-bond acceptors (Lipinski definition) is 7. The van der Waals surface area contributed by atoms with E-state index < -0.39 is 5.97 Å². The maximum absolute atomic E-state index is 10.7. The summed E-state index contributed by atoms with van der Waals surface area (Å²) in [6.07, 6.45) is 0.134. The third-order valence-corrected chi connectivity index (χ3v) is 5.49. The van der Waals surface area contributed by atoms with Crippen LogP contribution in [-0.4, -0.2) is 26.3 Å². The minimum absolute atomic E-state index is 0.110. The molecule has 8 heteroatoms. The first kappa shape index (κ1) is 15.9. The number of thiophene rings is 1. The van der Waals surface area contributed by atoms with E-state index in [9.17, 15) is 4.79 Å². The Morgan fingerprint density at radius 3 is 2.80 bits per heavy atom. The van der Waals surface area contributed by atoms with Crippen molar-refractivity contribution in [1.29, 1.82) is 0 Å². The predicted octanol–water partition coefficient (Wildman–Crippen LogP) is 3.93. The standard InChI is InChI=1S/C17H13N3O3S2/c1-9-4-11(8-24-9)10-2-3-12-13(5-10)25-16(18-12)6-14-19-20-15(23-14)7-17(21)22/h2-5,8H,6-7H2,1H3,(H,21,22). The molecule has 0 aliphatic heterocycles. The minimum atomic E-state index is -0.994. The Hall–Kier alpha value is -2.58. The molecule has 0 spiro atoms. The second-order valence-electron chi connectivity index (χ2n) is 5.57. The zero-order valence-corrected chi connectivity index (χ0v) is 14.9. The lowest BCUT2D eigenvalue weighted by atomic mass is 10.1. The molecule has 25 heavy (non-hydrogen) atoms. The van der Waals surface area contributed by atoms with Crippen LogP contribution in [0, 0.1) is 6.92 Å². The largest absolute Gasteiger partial charge is 0.481 e. The third kappa shape index (κ3) is 3.45. The van der Waals surface area contributed by atoms with Crippen molar-refractivity contribution in [3.63, 3.8) is 0 Å². The van der Waals surface area contributed by atoms with E-state index in [1.165, 1.54) is 16.0 Å². The SMILES string of the molecule is Cc1cc(-c2ccc3nc(Cc4nnc(CC(=O)O)o4)sc3c2)cs1. The molecule has 1 N–H and O–H groups in total. The van der Waals surface area contributed by atoms with Crippen LogP contribution >= 0.6 is 22.7 Å². The zero-order chi connectivity index (χ0) is 17.4. The van der Waals surface area contributed by atoms with Crippen LogP contribution in [-0.2, 0) is 17.6 Å². The maximum atomic E-state index is 10.7. The average Bonchev–Trinajstić information content (AvgIpc) is 3.26. The Bertz CT molecular complexity index is 1060. The van der Waals surface area contributed by atoms with Gasteiger partial charge in [0.1, 0.15) is 11.4 Å². The summed E-state index contributed by atoms with van der Waals surface area (Å²) in [6.45, 7) is 2.10. The summed E-state index contributed by atoms with van der Waals surface area (Å²) in [4.78, 5) is 16.5. The van der Waals surface area contributed by atoms with Gasteiger partial charge in [-0.05, 0) is 41.6 Å². The van der Waals surface area contributed by atoms with Gasteiger partial charge in [0.15, 0.2) is 0 Å². The molecule has 0 unspecified atom stereocenters. The fraction of sp³-hybridized carbons (Fsp3) is 0.176. The summed E-state index contributed by atoms with van der Waals surface area (Å²) < 4.78 is 6.45. The summed E-state index contributed by atoms with van der Waals surface area (Å²) in [5.41, 5.74) is 3.32. The van der Waals surface area contributed by atoms with Crippen LogP contribution in [0.15, 0.2) is 34.1 Å². The number of carbonyl (C=O) groups is 1. The van der Waals surface area contributed by atoms with Crippen molar-refractivity contribution in [1.82, 2.24) is 15.2 Å². The number of nitrogens with zero attached hydrogens (tertiary/aromatic N) is 3. The van der Waals surface area contributed by atoms with Gasteiger partial charge in [0.05, 0.1) is 16.6 Å². The van der Waals surface area contributed by atoms with Gasteiger partial charge in [-0.1, -0.05) is 6.07 Å². The van der Waals surface area contributed by atoms with E-state index in [1.807, 2.05) is 6.07 Å². The van der Waals surface area contributed by atoms with Gasteiger partial charge in [-0.3, -0.25) is 4.79 Å². The molecule has 126 valence electrons. The van der Waals surface area contributed by atoms with Gasteiger partial charge >= 0.3 is 5.97 Å². The molecule has 0 radical (unpaired) electrons. The average molecular weight is 371 g/mol. The quantitative estimate of drug-likeness (QED) is 0.572. The molecule has 0 bridgehead atoms. The smallest absolute Gasteiger partial charge is 0.312 e. The first-order valence-corrected chi connectivity index (χ1v) is 9.24. The van der Waals surface area contributed by atoms with E-state index in [1.54, 1.807) is 22.7 Å². The van der Waals surface area contributed by atoms with E-state index in [2.05, 4.69) is 45.7 Å². The molecular weight excluding hydrogens is 358 g/mol. The number of aryl methyl sites for hydroxylation is 1. The molecule has 3 aromatic heterocycles. The Morgan fingerprint density at radius 1 is 1.20 bits per heavy atom. The molecule has 4 aromatic rings. The highest BCUT2D eigenvalue weighted by Crippen LogP contribution is 2.31. The molecule has 0 saturated heterocycles. The van der Waals surface area contributed by atoms with E-state index in [0.29, 0.717) is 12.3 Å². The monoisotopic (exact) mass is 371 g/mol. The van der Waals surface area contributed by atoms with E-state index in [0.717, 1.165) is 15.2 Å². The number of aliphatic carboxylic acids is 1. The van der Waals surface area contributed by atoms with Gasteiger partial charge in [0.25, 0.3) is 0 Å². The summed E-state index contributed by atoms with van der Waals surface area (Å²) >= 11 is 3.32. The summed E-state index contributed by atoms with van der Waals surface area (Å²) in [7, 11) is 0. The van der Waals surface area contributed by atoms with E-state index in [4.69, 9.17) is 9.52 Å². The van der Waals surface area contributed by atoms with Crippen molar-refractivity contribution in [2.45, 2.75) is 19.8 Å². The van der Waals surface area contributed by atoms with Crippen LogP contribution in [0.2, 0.25) is 0 Å². The number of carboxylic acids is 1. The van der Waals surface area contributed by atoms with Crippen LogP contribution < -0.4 is 0 Å². The summed E-state index contributed by atoms with van der Waals surface area (Å²) in [5, 5.41) is 19.4. The number of aromatic nitrogens is 3. The molecule has 3 heterocycles. The van der Waals surface area contributed by atoms with Gasteiger partial charge in [0, 0.05) is 4.88 Å². The zero-order valence-electron chi connectivity index (χ0n) is 13.2. The van der Waals surface area contributed by atoms with Gasteiger partial charge in [-0.2, -0.15) is 0 Å². The number of rotatable bonds is 5. The highest BCUT2D eigenvalue weighted by Gasteiger charge is 2.13. The normalized spacial score (nSPS) is 11.2. The molecular formula is C17H13N3O3S2. The second kappa shape index (κ2) is 6.38. The number of hydrogen-bond donors (Lipinski definition) is 1. The van der Waals surface area contributed by atoms with Gasteiger partial charge in [-0.15, -0.1) is 32.9 Å². The Balaban J connectivity index is 1.58. The van der Waals surface area contributed by atoms with Gasteiger partial charge < -0.3 is 9.52 Å². The lowest BCUT2D eigenvalue weighted by Crippen LogP contribution is -1.99. The van der Waals surface area contributed by atoms with Crippen LogP contribution in [0.1, 0.15) is 21.7 Å². The third-order valence-electron chi connectivity index (χ3n) is 3.61. The van der Waals surface area contributed by atoms with Crippen molar-refractivity contribution in [2.24, 2.45) is 0 Å². The summed E-state index contributed by atoms with van der Waals surface area (Å²) in [6, 6.07) is 8.41. The van der Waals surface area contributed by atoms with E-state index in [-0.39, 0.29) is 12.3 Å². The van der Waals surface area contributed by atoms with Crippen molar-refractivity contribution >= 4 is 38.9 Å². The van der Waals surface area contributed by atoms with Crippen molar-refractivity contribution < 1.29 is 14.3 Å². The van der Waals surface area contributed by atoms with Crippen LogP contribution in [0.25, 0.3) is 21.3 Å². The Labute approximate surface area is 150 Å². The number of fused-ring (bicyclic) bond motifs is 1. The topological polar surface area (TPSA) is 89.1 Å². The first-order chi connectivity index (χ1) is 12.1. The molecule has 0 amide bonds. The molecule has 1 aromatic carbocycles. The highest BCUT2D eigenvalue weighted by atomic mass is 32.1. The highest BCUT2D eigenvalue weighted by molar-refractivity contribution is 7.18. The van der Waals surface area contributed by atoms with Crippen LogP contribution in [0.3, 0.4) is 0 Å². The maximum Gasteiger partial charge on any atom is 0.312 e. The number of thiazole rings is 1. The second-order valence-corrected chi connectivity index (χ2v) is 7.80. The van der Waals surface area contributed by atoms with Crippen molar-refractivity contribution in [3.8, 4) is 11.1 Å². The van der Waals surface area contributed by atoms with Crippen molar-refractivity contribution in [3.05, 3.63) is 51.3 Å². The molecule has 0 atom stereocenters. The molecule has 4 rings (SSSR count). The predicted molar refractivity (Wildman–Crippen MR) is 96.1 cm³/mol.